The second-order valence-electron chi connectivity index (χ2n) is 5.70. The Morgan fingerprint density at radius 3 is 2.70 bits per heavy atom. The molecule has 1 aliphatic heterocycles. The summed E-state index contributed by atoms with van der Waals surface area (Å²) >= 11 is 0. The summed E-state index contributed by atoms with van der Waals surface area (Å²) in [5.41, 5.74) is 0.693. The molecule has 1 aromatic rings. The Labute approximate surface area is 137 Å². The molecule has 1 aromatic carbocycles. The predicted octanol–water partition coefficient (Wildman–Crippen LogP) is 1.58. The zero-order valence-corrected chi connectivity index (χ0v) is 13.9. The van der Waals surface area contributed by atoms with Gasteiger partial charge in [-0.25, -0.2) is 0 Å². The van der Waals surface area contributed by atoms with Crippen LogP contribution < -0.4 is 10.1 Å². The molecule has 0 spiro atoms. The summed E-state index contributed by atoms with van der Waals surface area (Å²) in [4.78, 5) is 27.7. The van der Waals surface area contributed by atoms with Crippen LogP contribution in [0.15, 0.2) is 24.3 Å². The van der Waals surface area contributed by atoms with Gasteiger partial charge in [0.1, 0.15) is 5.75 Å². The molecule has 1 aliphatic rings. The van der Waals surface area contributed by atoms with Gasteiger partial charge < -0.3 is 19.9 Å². The monoisotopic (exact) mass is 319 g/mol. The van der Waals surface area contributed by atoms with Gasteiger partial charge in [-0.3, -0.25) is 9.59 Å². The number of nitrogens with one attached hydrogen (secondary N) is 1. The van der Waals surface area contributed by atoms with Crippen molar-refractivity contribution in [2.45, 2.75) is 19.8 Å². The Kier molecular flexibility index (Phi) is 6.40. The minimum Gasteiger partial charge on any atom is -0.495 e. The maximum atomic E-state index is 12.1. The Hall–Kier alpha value is -2.08. The van der Waals surface area contributed by atoms with Gasteiger partial charge in [0, 0.05) is 39.5 Å². The lowest BCUT2D eigenvalue weighted by Crippen LogP contribution is -2.34. The summed E-state index contributed by atoms with van der Waals surface area (Å²) in [7, 11) is 1.59. The fourth-order valence-corrected chi connectivity index (χ4v) is 2.73. The normalized spacial score (nSPS) is 15.8. The van der Waals surface area contributed by atoms with Crippen molar-refractivity contribution in [2.75, 3.05) is 45.2 Å². The molecule has 0 aliphatic carbocycles. The highest BCUT2D eigenvalue weighted by Crippen LogP contribution is 2.23. The van der Waals surface area contributed by atoms with Crippen LogP contribution in [0.4, 0.5) is 5.69 Å². The van der Waals surface area contributed by atoms with E-state index in [1.807, 2.05) is 29.2 Å². The standard InChI is InChI=1S/C17H25N3O3/c1-14(21)20-10-5-9-19(12-13-20)11-8-17(22)18-15-6-3-4-7-16(15)23-2/h3-4,6-7H,5,8-13H2,1-2H3,(H,18,22). The number of methoxy groups -OCH3 is 1. The number of para-hydroxylation sites is 2. The molecule has 23 heavy (non-hydrogen) atoms. The van der Waals surface area contributed by atoms with Crippen LogP contribution in [-0.4, -0.2) is 61.4 Å². The quantitative estimate of drug-likeness (QED) is 0.895. The highest BCUT2D eigenvalue weighted by molar-refractivity contribution is 5.92. The van der Waals surface area contributed by atoms with E-state index in [-0.39, 0.29) is 11.8 Å². The molecule has 0 radical (unpaired) electrons. The third kappa shape index (κ3) is 5.25. The van der Waals surface area contributed by atoms with Crippen LogP contribution in [0.5, 0.6) is 5.75 Å². The molecule has 1 fully saturated rings. The van der Waals surface area contributed by atoms with Gasteiger partial charge in [-0.15, -0.1) is 0 Å². The van der Waals surface area contributed by atoms with Gasteiger partial charge in [-0.05, 0) is 25.1 Å². The molecule has 2 amide bonds. The van der Waals surface area contributed by atoms with Gasteiger partial charge in [-0.2, -0.15) is 0 Å². The van der Waals surface area contributed by atoms with E-state index in [4.69, 9.17) is 4.74 Å². The first-order valence-corrected chi connectivity index (χ1v) is 8.01. The van der Waals surface area contributed by atoms with Gasteiger partial charge in [0.05, 0.1) is 12.8 Å². The molecule has 0 bridgehead atoms. The molecule has 0 unspecified atom stereocenters. The van der Waals surface area contributed by atoms with Crippen molar-refractivity contribution in [1.29, 1.82) is 0 Å². The average Bonchev–Trinajstić information content (AvgIpc) is 2.79. The Morgan fingerprint density at radius 2 is 1.96 bits per heavy atom. The van der Waals surface area contributed by atoms with Gasteiger partial charge in [0.25, 0.3) is 0 Å². The number of hydrogen-bond donors (Lipinski definition) is 1. The van der Waals surface area contributed by atoms with Crippen molar-refractivity contribution in [3.05, 3.63) is 24.3 Å². The summed E-state index contributed by atoms with van der Waals surface area (Å²) < 4.78 is 5.23. The van der Waals surface area contributed by atoms with E-state index in [1.165, 1.54) is 0 Å². The zero-order chi connectivity index (χ0) is 16.7. The van der Waals surface area contributed by atoms with Gasteiger partial charge in [0.2, 0.25) is 11.8 Å². The highest BCUT2D eigenvalue weighted by Gasteiger charge is 2.17. The van der Waals surface area contributed by atoms with Crippen LogP contribution >= 0.6 is 0 Å². The number of ether oxygens (including phenoxy) is 1. The van der Waals surface area contributed by atoms with E-state index < -0.39 is 0 Å². The third-order valence-corrected chi connectivity index (χ3v) is 4.07. The first kappa shape index (κ1) is 17.3. The SMILES string of the molecule is COc1ccccc1NC(=O)CCN1CCCN(C(C)=O)CC1. The van der Waals surface area contributed by atoms with E-state index in [0.29, 0.717) is 24.4 Å². The van der Waals surface area contributed by atoms with Crippen LogP contribution in [0.3, 0.4) is 0 Å². The van der Waals surface area contributed by atoms with Crippen LogP contribution in [0, 0.1) is 0 Å². The van der Waals surface area contributed by atoms with Crippen molar-refractivity contribution in [3.63, 3.8) is 0 Å². The second-order valence-corrected chi connectivity index (χ2v) is 5.70. The summed E-state index contributed by atoms with van der Waals surface area (Å²) in [6.45, 7) is 5.60. The summed E-state index contributed by atoms with van der Waals surface area (Å²) in [6, 6.07) is 7.38. The van der Waals surface area contributed by atoms with Crippen molar-refractivity contribution >= 4 is 17.5 Å². The molecule has 0 atom stereocenters. The van der Waals surface area contributed by atoms with Crippen LogP contribution in [0.1, 0.15) is 19.8 Å². The summed E-state index contributed by atoms with van der Waals surface area (Å²) in [5.74, 6) is 0.760. The van der Waals surface area contributed by atoms with Gasteiger partial charge in [-0.1, -0.05) is 12.1 Å². The van der Waals surface area contributed by atoms with Crippen molar-refractivity contribution in [2.24, 2.45) is 0 Å². The Balaban J connectivity index is 1.79. The average molecular weight is 319 g/mol. The molecule has 1 saturated heterocycles. The predicted molar refractivity (Wildman–Crippen MR) is 89.6 cm³/mol. The maximum Gasteiger partial charge on any atom is 0.225 e. The number of nitrogens with zero attached hydrogens (tertiary/aromatic N) is 2. The number of anilines is 1. The largest absolute Gasteiger partial charge is 0.495 e. The molecule has 1 N–H and O–H groups in total. The fourth-order valence-electron chi connectivity index (χ4n) is 2.73. The first-order valence-electron chi connectivity index (χ1n) is 8.01. The molecule has 2 rings (SSSR count). The van der Waals surface area contributed by atoms with Gasteiger partial charge in [0.15, 0.2) is 0 Å². The van der Waals surface area contributed by atoms with Crippen LogP contribution in [-0.2, 0) is 9.59 Å². The van der Waals surface area contributed by atoms with Crippen LogP contribution in [0.2, 0.25) is 0 Å². The smallest absolute Gasteiger partial charge is 0.225 e. The summed E-state index contributed by atoms with van der Waals surface area (Å²) in [6.07, 6.45) is 1.38. The zero-order valence-electron chi connectivity index (χ0n) is 13.9. The minimum absolute atomic E-state index is 0.0258. The van der Waals surface area contributed by atoms with E-state index in [0.717, 1.165) is 32.6 Å². The fraction of sp³-hybridized carbons (Fsp3) is 0.529. The molecule has 1 heterocycles. The number of carbonyl (C=O) groups is 2. The van der Waals surface area contributed by atoms with E-state index >= 15 is 0 Å². The highest BCUT2D eigenvalue weighted by atomic mass is 16.5. The lowest BCUT2D eigenvalue weighted by Gasteiger charge is -2.20. The Bertz CT molecular complexity index is 548. The molecule has 6 heteroatoms. The topological polar surface area (TPSA) is 61.9 Å². The maximum absolute atomic E-state index is 12.1. The van der Waals surface area contributed by atoms with Crippen molar-refractivity contribution < 1.29 is 14.3 Å². The summed E-state index contributed by atoms with van der Waals surface area (Å²) in [5, 5.41) is 2.89. The number of benzene rings is 1. The molecular weight excluding hydrogens is 294 g/mol. The van der Waals surface area contributed by atoms with Crippen molar-refractivity contribution in [1.82, 2.24) is 9.80 Å². The molecular formula is C17H25N3O3. The van der Waals surface area contributed by atoms with E-state index in [2.05, 4.69) is 10.2 Å². The molecule has 126 valence electrons. The number of carbonyl (C=O) groups excluding carboxylic acids is 2. The minimum atomic E-state index is -0.0258. The number of rotatable bonds is 5. The van der Waals surface area contributed by atoms with E-state index in [1.54, 1.807) is 14.0 Å². The van der Waals surface area contributed by atoms with Crippen LogP contribution in [0.25, 0.3) is 0 Å². The first-order chi connectivity index (χ1) is 11.1. The van der Waals surface area contributed by atoms with E-state index in [9.17, 15) is 9.59 Å². The third-order valence-electron chi connectivity index (χ3n) is 4.07. The number of hydrogen-bond acceptors (Lipinski definition) is 4. The second kappa shape index (κ2) is 8.53. The molecule has 6 nitrogen and oxygen atoms in total. The lowest BCUT2D eigenvalue weighted by atomic mass is 10.2. The van der Waals surface area contributed by atoms with Crippen molar-refractivity contribution in [3.8, 4) is 5.75 Å². The lowest BCUT2D eigenvalue weighted by molar-refractivity contribution is -0.128. The van der Waals surface area contributed by atoms with Gasteiger partial charge >= 0.3 is 0 Å². The molecule has 0 aromatic heterocycles. The number of amides is 2. The molecule has 0 saturated carbocycles. The Morgan fingerprint density at radius 1 is 1.17 bits per heavy atom.